The van der Waals surface area contributed by atoms with Gasteiger partial charge in [0.2, 0.25) is 0 Å². The molecule has 23 heavy (non-hydrogen) atoms. The Morgan fingerprint density at radius 2 is 1.83 bits per heavy atom. The second-order valence-electron chi connectivity index (χ2n) is 6.10. The number of amidine groups is 1. The summed E-state index contributed by atoms with van der Waals surface area (Å²) in [6, 6.07) is 8.34. The van der Waals surface area contributed by atoms with E-state index in [2.05, 4.69) is 52.6 Å². The Hall–Kier alpha value is -2.10. The first kappa shape index (κ1) is 15.8. The van der Waals surface area contributed by atoms with Gasteiger partial charge in [-0.15, -0.1) is 0 Å². The Labute approximate surface area is 138 Å². The van der Waals surface area contributed by atoms with Crippen LogP contribution < -0.4 is 0 Å². The normalized spacial score (nSPS) is 13.0. The van der Waals surface area contributed by atoms with Gasteiger partial charge < -0.3 is 9.47 Å². The van der Waals surface area contributed by atoms with Crippen LogP contribution in [0.5, 0.6) is 0 Å². The average Bonchev–Trinajstić information content (AvgIpc) is 2.97. The van der Waals surface area contributed by atoms with Crippen LogP contribution in [0.1, 0.15) is 45.4 Å². The zero-order valence-electron chi connectivity index (χ0n) is 14.2. The maximum Gasteiger partial charge on any atom is 0.120 e. The third-order valence-electron chi connectivity index (χ3n) is 4.35. The molecular weight excluding hydrogens is 284 g/mol. The fourth-order valence-corrected chi connectivity index (χ4v) is 3.02. The van der Waals surface area contributed by atoms with Crippen molar-refractivity contribution in [2.24, 2.45) is 4.99 Å². The number of rotatable bonds is 6. The van der Waals surface area contributed by atoms with Gasteiger partial charge in [0.1, 0.15) is 11.7 Å². The van der Waals surface area contributed by atoms with Crippen LogP contribution in [-0.4, -0.2) is 33.4 Å². The lowest BCUT2D eigenvalue weighted by atomic mass is 10.2. The van der Waals surface area contributed by atoms with Crippen LogP contribution in [0.15, 0.2) is 41.7 Å². The van der Waals surface area contributed by atoms with Gasteiger partial charge in [0, 0.05) is 25.5 Å². The van der Waals surface area contributed by atoms with Crippen LogP contribution in [0.25, 0.3) is 5.69 Å². The van der Waals surface area contributed by atoms with Crippen molar-refractivity contribution in [3.63, 3.8) is 0 Å². The highest BCUT2D eigenvalue weighted by Gasteiger charge is 2.20. The molecule has 0 radical (unpaired) electrons. The van der Waals surface area contributed by atoms with Gasteiger partial charge in [-0.2, -0.15) is 0 Å². The summed E-state index contributed by atoms with van der Waals surface area (Å²) >= 11 is 0. The summed E-state index contributed by atoms with van der Waals surface area (Å²) in [5.74, 6) is 2.23. The molecule has 0 unspecified atom stereocenters. The molecule has 0 saturated heterocycles. The summed E-state index contributed by atoms with van der Waals surface area (Å²) in [4.78, 5) is 12.0. The number of fused-ring (bicyclic) bond motifs is 3. The summed E-state index contributed by atoms with van der Waals surface area (Å²) < 4.78 is 2.17. The summed E-state index contributed by atoms with van der Waals surface area (Å²) in [6.45, 7) is 6.65. The number of benzene rings is 1. The molecule has 0 fully saturated rings. The molecule has 0 amide bonds. The fraction of sp³-hybridized carbons (Fsp3) is 0.474. The number of aromatic nitrogens is 2. The van der Waals surface area contributed by atoms with Crippen LogP contribution in [0, 0.1) is 0 Å². The smallest absolute Gasteiger partial charge is 0.120 e. The lowest BCUT2D eigenvalue weighted by Gasteiger charge is -2.25. The summed E-state index contributed by atoms with van der Waals surface area (Å²) in [7, 11) is 0. The predicted molar refractivity (Wildman–Crippen MR) is 95.8 cm³/mol. The maximum absolute atomic E-state index is 5.01. The number of unbranched alkanes of at least 4 members (excludes halogenated alkanes) is 2. The van der Waals surface area contributed by atoms with Crippen molar-refractivity contribution >= 4 is 11.5 Å². The Kier molecular flexibility index (Phi) is 5.11. The van der Waals surface area contributed by atoms with Gasteiger partial charge in [0.15, 0.2) is 0 Å². The van der Waals surface area contributed by atoms with Gasteiger partial charge in [0.25, 0.3) is 0 Å². The quantitative estimate of drug-likeness (QED) is 0.794. The molecule has 0 atom stereocenters. The molecule has 2 aromatic rings. The standard InChI is InChI=1S/C19H26N4/c1-3-5-12-22(13-6-4-2)19-15-18-20-11-14-23(18)17-10-8-7-9-16(17)21-19/h7-11,14H,3-6,12-13,15H2,1-2H3. The first-order valence-electron chi connectivity index (χ1n) is 8.77. The molecular formula is C19H26N4. The number of nitrogens with zero attached hydrogens (tertiary/aromatic N) is 4. The maximum atomic E-state index is 5.01. The van der Waals surface area contributed by atoms with Gasteiger partial charge in [-0.05, 0) is 25.0 Å². The van der Waals surface area contributed by atoms with Crippen molar-refractivity contribution in [3.05, 3.63) is 42.5 Å². The fourth-order valence-electron chi connectivity index (χ4n) is 3.02. The van der Waals surface area contributed by atoms with Gasteiger partial charge in [0.05, 0.1) is 17.8 Å². The molecule has 1 aliphatic rings. The number of aliphatic imine (C=N–C) groups is 1. The van der Waals surface area contributed by atoms with Crippen molar-refractivity contribution in [1.82, 2.24) is 14.5 Å². The van der Waals surface area contributed by atoms with E-state index in [1.165, 1.54) is 25.7 Å². The minimum atomic E-state index is 0.801. The second kappa shape index (κ2) is 7.44. The van der Waals surface area contributed by atoms with Crippen molar-refractivity contribution in [1.29, 1.82) is 0 Å². The van der Waals surface area contributed by atoms with Gasteiger partial charge in [-0.25, -0.2) is 9.98 Å². The molecule has 122 valence electrons. The van der Waals surface area contributed by atoms with Crippen molar-refractivity contribution in [2.45, 2.75) is 46.0 Å². The average molecular weight is 310 g/mol. The van der Waals surface area contributed by atoms with E-state index in [1.54, 1.807) is 0 Å². The van der Waals surface area contributed by atoms with Crippen LogP contribution in [-0.2, 0) is 6.42 Å². The van der Waals surface area contributed by atoms with E-state index in [4.69, 9.17) is 4.99 Å². The van der Waals surface area contributed by atoms with Gasteiger partial charge >= 0.3 is 0 Å². The molecule has 2 heterocycles. The van der Waals surface area contributed by atoms with Crippen LogP contribution >= 0.6 is 0 Å². The van der Waals surface area contributed by atoms with Crippen LogP contribution in [0.3, 0.4) is 0 Å². The van der Waals surface area contributed by atoms with Crippen LogP contribution in [0.2, 0.25) is 0 Å². The third-order valence-corrected chi connectivity index (χ3v) is 4.35. The molecule has 1 aromatic heterocycles. The van der Waals surface area contributed by atoms with E-state index in [-0.39, 0.29) is 0 Å². The van der Waals surface area contributed by atoms with E-state index >= 15 is 0 Å². The molecule has 0 spiro atoms. The summed E-state index contributed by atoms with van der Waals surface area (Å²) in [6.07, 6.45) is 9.56. The zero-order valence-corrected chi connectivity index (χ0v) is 14.2. The molecule has 0 bridgehead atoms. The van der Waals surface area contributed by atoms with Crippen molar-refractivity contribution in [2.75, 3.05) is 13.1 Å². The van der Waals surface area contributed by atoms with E-state index in [0.717, 1.165) is 42.5 Å². The van der Waals surface area contributed by atoms with Gasteiger partial charge in [-0.3, -0.25) is 0 Å². The van der Waals surface area contributed by atoms with Crippen molar-refractivity contribution in [3.8, 4) is 5.69 Å². The number of imidazole rings is 1. The highest BCUT2D eigenvalue weighted by Crippen LogP contribution is 2.28. The number of hydrogen-bond acceptors (Lipinski definition) is 3. The van der Waals surface area contributed by atoms with E-state index in [1.807, 2.05) is 12.4 Å². The second-order valence-corrected chi connectivity index (χ2v) is 6.10. The molecule has 0 saturated carbocycles. The minimum Gasteiger partial charge on any atom is -0.360 e. The SMILES string of the molecule is CCCCN(CCCC)C1=Nc2ccccc2-n2ccnc2C1. The number of para-hydroxylation sites is 2. The molecule has 4 heteroatoms. The molecule has 1 aromatic carbocycles. The molecule has 0 aliphatic carbocycles. The summed E-state index contributed by atoms with van der Waals surface area (Å²) in [5, 5.41) is 0. The van der Waals surface area contributed by atoms with Gasteiger partial charge in [-0.1, -0.05) is 38.8 Å². The first-order valence-corrected chi connectivity index (χ1v) is 8.77. The Bertz CT molecular complexity index is 664. The van der Waals surface area contributed by atoms with E-state index in [0.29, 0.717) is 0 Å². The zero-order chi connectivity index (χ0) is 16.1. The first-order chi connectivity index (χ1) is 11.3. The topological polar surface area (TPSA) is 33.4 Å². The highest BCUT2D eigenvalue weighted by molar-refractivity contribution is 5.88. The minimum absolute atomic E-state index is 0.801. The van der Waals surface area contributed by atoms with Crippen molar-refractivity contribution < 1.29 is 0 Å². The molecule has 0 N–H and O–H groups in total. The monoisotopic (exact) mass is 310 g/mol. The van der Waals surface area contributed by atoms with E-state index < -0.39 is 0 Å². The van der Waals surface area contributed by atoms with Crippen LogP contribution in [0.4, 0.5) is 5.69 Å². The lowest BCUT2D eigenvalue weighted by Crippen LogP contribution is -2.34. The molecule has 4 nitrogen and oxygen atoms in total. The Balaban J connectivity index is 1.97. The van der Waals surface area contributed by atoms with E-state index in [9.17, 15) is 0 Å². The Morgan fingerprint density at radius 3 is 2.57 bits per heavy atom. The predicted octanol–water partition coefficient (Wildman–Crippen LogP) is 4.36. The third kappa shape index (κ3) is 3.46. The Morgan fingerprint density at radius 1 is 1.09 bits per heavy atom. The molecule has 1 aliphatic heterocycles. The largest absolute Gasteiger partial charge is 0.360 e. The molecule has 3 rings (SSSR count). The highest BCUT2D eigenvalue weighted by atomic mass is 15.2. The summed E-state index contributed by atoms with van der Waals surface area (Å²) in [5.41, 5.74) is 2.16. The number of hydrogen-bond donors (Lipinski definition) is 0. The lowest BCUT2D eigenvalue weighted by molar-refractivity contribution is 0.392.